The number of alkyl halides is 3. The molecule has 0 bridgehead atoms. The fourth-order valence-corrected chi connectivity index (χ4v) is 4.07. The number of esters is 1. The number of nitrogens with one attached hydrogen (secondary N) is 1. The molecule has 1 aliphatic rings. The Balaban J connectivity index is 1.69. The second-order valence-electron chi connectivity index (χ2n) is 6.90. The minimum absolute atomic E-state index is 0.178. The number of carbonyl (C=O) groups is 4. The van der Waals surface area contributed by atoms with E-state index in [2.05, 4.69) is 5.32 Å². The van der Waals surface area contributed by atoms with E-state index in [1.165, 1.54) is 6.07 Å². The number of anilines is 1. The Bertz CT molecular complexity index is 1190. The molecule has 1 N–H and O–H groups in total. The zero-order valence-electron chi connectivity index (χ0n) is 16.7. The van der Waals surface area contributed by atoms with Gasteiger partial charge in [0, 0.05) is 5.69 Å². The Morgan fingerprint density at radius 2 is 1.53 bits per heavy atom. The zero-order chi connectivity index (χ0) is 25.5. The normalized spacial score (nSPS) is 14.2. The number of amides is 3. The highest BCUT2D eigenvalue weighted by molar-refractivity contribution is 6.55. The first kappa shape index (κ1) is 26.1. The van der Waals surface area contributed by atoms with Crippen LogP contribution in [0.15, 0.2) is 24.3 Å². The summed E-state index contributed by atoms with van der Waals surface area (Å²) >= 11 is 23.9. The molecule has 0 saturated carbocycles. The van der Waals surface area contributed by atoms with Crippen molar-refractivity contribution in [3.63, 3.8) is 0 Å². The van der Waals surface area contributed by atoms with E-state index in [0.29, 0.717) is 11.0 Å². The Morgan fingerprint density at radius 3 is 2.03 bits per heavy atom. The van der Waals surface area contributed by atoms with Gasteiger partial charge in [0.1, 0.15) is 6.04 Å². The molecule has 0 saturated heterocycles. The summed E-state index contributed by atoms with van der Waals surface area (Å²) in [5, 5.41) is 0.991. The lowest BCUT2D eigenvalue weighted by Crippen LogP contribution is -2.44. The molecule has 14 heteroatoms. The van der Waals surface area contributed by atoms with Gasteiger partial charge in [-0.25, -0.2) is 4.79 Å². The average Bonchev–Trinajstić information content (AvgIpc) is 3.03. The van der Waals surface area contributed by atoms with Crippen LogP contribution in [-0.4, -0.2) is 41.2 Å². The molecule has 3 amide bonds. The molecule has 2 aromatic carbocycles. The van der Waals surface area contributed by atoms with E-state index in [1.807, 2.05) is 0 Å². The van der Waals surface area contributed by atoms with Gasteiger partial charge in [-0.1, -0.05) is 52.5 Å². The van der Waals surface area contributed by atoms with E-state index < -0.39 is 48.1 Å². The van der Waals surface area contributed by atoms with Gasteiger partial charge in [0.15, 0.2) is 6.61 Å². The summed E-state index contributed by atoms with van der Waals surface area (Å²) in [4.78, 5) is 50.5. The topological polar surface area (TPSA) is 92.8 Å². The molecule has 0 aromatic heterocycles. The van der Waals surface area contributed by atoms with Crippen molar-refractivity contribution in [3.8, 4) is 0 Å². The lowest BCUT2D eigenvalue weighted by atomic mass is 10.1. The van der Waals surface area contributed by atoms with Crippen LogP contribution in [0.25, 0.3) is 0 Å². The first-order valence-electron chi connectivity index (χ1n) is 9.13. The van der Waals surface area contributed by atoms with Crippen molar-refractivity contribution in [2.75, 3.05) is 11.9 Å². The van der Waals surface area contributed by atoms with Crippen molar-refractivity contribution in [1.29, 1.82) is 0 Å². The standard InChI is InChI=1S/C20H11Cl4F3N2O5/c1-7(29-17(31)11-12(18(29)32)14(22)16(24)15(23)13(11)21)19(33)34-6-10(30)28-9-4-2-3-8(5-9)20(25,26)27/h2-5,7H,6H2,1H3,(H,28,30)/t7-/m1/s1. The van der Waals surface area contributed by atoms with Crippen molar-refractivity contribution in [3.05, 3.63) is 61.0 Å². The number of nitrogens with zero attached hydrogens (tertiary/aromatic N) is 1. The predicted octanol–water partition coefficient (Wildman–Crippen LogP) is 5.49. The fraction of sp³-hybridized carbons (Fsp3) is 0.200. The summed E-state index contributed by atoms with van der Waals surface area (Å²) in [6.07, 6.45) is -4.62. The van der Waals surface area contributed by atoms with Crippen LogP contribution in [0.5, 0.6) is 0 Å². The molecule has 1 heterocycles. The Labute approximate surface area is 209 Å². The zero-order valence-corrected chi connectivity index (χ0v) is 19.8. The number of benzene rings is 2. The molecule has 1 atom stereocenters. The van der Waals surface area contributed by atoms with Gasteiger partial charge in [-0.05, 0) is 25.1 Å². The van der Waals surface area contributed by atoms with Gasteiger partial charge in [0.05, 0.1) is 36.8 Å². The molecule has 7 nitrogen and oxygen atoms in total. The van der Waals surface area contributed by atoms with Crippen molar-refractivity contribution >= 4 is 75.8 Å². The number of rotatable bonds is 5. The molecule has 180 valence electrons. The van der Waals surface area contributed by atoms with Gasteiger partial charge < -0.3 is 10.1 Å². The number of hydrogen-bond donors (Lipinski definition) is 1. The molecule has 3 rings (SSSR count). The molecule has 34 heavy (non-hydrogen) atoms. The summed E-state index contributed by atoms with van der Waals surface area (Å²) in [6, 6.07) is 2.30. The van der Waals surface area contributed by atoms with Gasteiger partial charge in [-0.2, -0.15) is 13.2 Å². The smallest absolute Gasteiger partial charge is 0.416 e. The minimum atomic E-state index is -4.62. The maximum absolute atomic E-state index is 12.8. The minimum Gasteiger partial charge on any atom is -0.454 e. The SMILES string of the molecule is C[C@H](C(=O)OCC(=O)Nc1cccc(C(F)(F)F)c1)N1C(=O)c2c(Cl)c(Cl)c(Cl)c(Cl)c2C1=O. The summed E-state index contributed by atoms with van der Waals surface area (Å²) < 4.78 is 43.2. The Morgan fingerprint density at radius 1 is 1.00 bits per heavy atom. The molecule has 2 aromatic rings. The number of imide groups is 1. The quantitative estimate of drug-likeness (QED) is 0.227. The van der Waals surface area contributed by atoms with Crippen LogP contribution in [0.1, 0.15) is 33.2 Å². The molecule has 0 fully saturated rings. The highest BCUT2D eigenvalue weighted by Gasteiger charge is 2.45. The van der Waals surface area contributed by atoms with E-state index >= 15 is 0 Å². The third-order valence-electron chi connectivity index (χ3n) is 4.68. The highest BCUT2D eigenvalue weighted by atomic mass is 35.5. The lowest BCUT2D eigenvalue weighted by molar-refractivity contribution is -0.150. The third kappa shape index (κ3) is 4.81. The highest BCUT2D eigenvalue weighted by Crippen LogP contribution is 2.45. The van der Waals surface area contributed by atoms with E-state index in [-0.39, 0.29) is 36.9 Å². The van der Waals surface area contributed by atoms with E-state index in [9.17, 15) is 32.3 Å². The van der Waals surface area contributed by atoms with Crippen LogP contribution in [-0.2, 0) is 20.5 Å². The largest absolute Gasteiger partial charge is 0.454 e. The van der Waals surface area contributed by atoms with Crippen LogP contribution in [0, 0.1) is 0 Å². The number of ether oxygens (including phenoxy) is 1. The summed E-state index contributed by atoms with van der Waals surface area (Å²) in [7, 11) is 0. The van der Waals surface area contributed by atoms with Crippen LogP contribution in [0.4, 0.5) is 18.9 Å². The van der Waals surface area contributed by atoms with Gasteiger partial charge in [0.2, 0.25) is 0 Å². The Hall–Kier alpha value is -2.53. The Kier molecular flexibility index (Phi) is 7.37. The van der Waals surface area contributed by atoms with Gasteiger partial charge in [-0.15, -0.1) is 0 Å². The van der Waals surface area contributed by atoms with E-state index in [4.69, 9.17) is 51.1 Å². The number of hydrogen-bond acceptors (Lipinski definition) is 5. The van der Waals surface area contributed by atoms with Gasteiger partial charge >= 0.3 is 12.1 Å². The summed E-state index contributed by atoms with van der Waals surface area (Å²) in [6.45, 7) is 0.251. The first-order valence-corrected chi connectivity index (χ1v) is 10.6. The van der Waals surface area contributed by atoms with Gasteiger partial charge in [0.25, 0.3) is 17.7 Å². The maximum Gasteiger partial charge on any atom is 0.416 e. The molecule has 0 aliphatic carbocycles. The summed E-state index contributed by atoms with van der Waals surface area (Å²) in [5.74, 6) is -4.07. The number of carbonyl (C=O) groups excluding carboxylic acids is 4. The van der Waals surface area contributed by atoms with Crippen molar-refractivity contribution in [2.45, 2.75) is 19.1 Å². The summed E-state index contributed by atoms with van der Waals surface area (Å²) in [5.41, 5.74) is -1.85. The van der Waals surface area contributed by atoms with Crippen LogP contribution < -0.4 is 5.32 Å². The third-order valence-corrected chi connectivity index (χ3v) is 6.48. The van der Waals surface area contributed by atoms with Crippen LogP contribution in [0.2, 0.25) is 20.1 Å². The average molecular weight is 558 g/mol. The molecular weight excluding hydrogens is 547 g/mol. The number of fused-ring (bicyclic) bond motifs is 1. The molecule has 0 radical (unpaired) electrons. The van der Waals surface area contributed by atoms with Crippen LogP contribution in [0.3, 0.4) is 0 Å². The van der Waals surface area contributed by atoms with Crippen molar-refractivity contribution < 1.29 is 37.1 Å². The molecular formula is C20H11Cl4F3N2O5. The monoisotopic (exact) mass is 556 g/mol. The fourth-order valence-electron chi connectivity index (χ4n) is 3.05. The van der Waals surface area contributed by atoms with Gasteiger partial charge in [-0.3, -0.25) is 19.3 Å². The molecule has 0 unspecified atom stereocenters. The van der Waals surface area contributed by atoms with Crippen molar-refractivity contribution in [2.24, 2.45) is 0 Å². The molecule has 1 aliphatic heterocycles. The first-order chi connectivity index (χ1) is 15.8. The predicted molar refractivity (Wildman–Crippen MR) is 117 cm³/mol. The van der Waals surface area contributed by atoms with Crippen LogP contribution >= 0.6 is 46.4 Å². The second kappa shape index (κ2) is 9.61. The molecule has 0 spiro atoms. The van der Waals surface area contributed by atoms with E-state index in [0.717, 1.165) is 19.1 Å². The number of halogens is 7. The van der Waals surface area contributed by atoms with E-state index in [1.54, 1.807) is 0 Å². The lowest BCUT2D eigenvalue weighted by Gasteiger charge is -2.20. The maximum atomic E-state index is 12.8. The second-order valence-corrected chi connectivity index (χ2v) is 8.41. The van der Waals surface area contributed by atoms with Crippen molar-refractivity contribution in [1.82, 2.24) is 4.90 Å².